The van der Waals surface area contributed by atoms with Gasteiger partial charge in [-0.25, -0.2) is 0 Å². The first kappa shape index (κ1) is 18.8. The maximum Gasteiger partial charge on any atom is 0.277 e. The second-order valence-electron chi connectivity index (χ2n) is 6.90. The molecule has 0 spiro atoms. The van der Waals surface area contributed by atoms with Gasteiger partial charge in [0.25, 0.3) is 11.1 Å². The standard InChI is InChI=1S/C21H23N3O3S/c1-4-26-19-8-6-5-7-16(19)20-22-23-21(27-20)28-12-18(25)17-11-13(2)24(14(17)3)15-9-10-15/h5-8,11,15H,4,9-10,12H2,1-3H3. The van der Waals surface area contributed by atoms with E-state index < -0.39 is 0 Å². The first-order valence-corrected chi connectivity index (χ1v) is 10.5. The minimum absolute atomic E-state index is 0.0828. The highest BCUT2D eigenvalue weighted by Crippen LogP contribution is 2.38. The molecule has 4 rings (SSSR count). The molecular weight excluding hydrogens is 374 g/mol. The Bertz CT molecular complexity index is 1000. The second-order valence-corrected chi connectivity index (χ2v) is 7.83. The third-order valence-electron chi connectivity index (χ3n) is 4.85. The van der Waals surface area contributed by atoms with Crippen molar-refractivity contribution in [3.05, 3.63) is 47.3 Å². The molecule has 0 aliphatic heterocycles. The molecule has 146 valence electrons. The fourth-order valence-corrected chi connectivity index (χ4v) is 4.11. The molecule has 1 aliphatic rings. The number of carbonyl (C=O) groups excluding carboxylic acids is 1. The molecule has 0 N–H and O–H groups in total. The predicted molar refractivity (Wildman–Crippen MR) is 108 cm³/mol. The maximum atomic E-state index is 12.7. The number of aryl methyl sites for hydroxylation is 1. The zero-order valence-corrected chi connectivity index (χ0v) is 17.1. The number of aromatic nitrogens is 3. The third-order valence-corrected chi connectivity index (χ3v) is 5.67. The zero-order chi connectivity index (χ0) is 19.7. The normalized spacial score (nSPS) is 13.7. The van der Waals surface area contributed by atoms with E-state index in [1.54, 1.807) is 0 Å². The number of benzene rings is 1. The van der Waals surface area contributed by atoms with Gasteiger partial charge >= 0.3 is 0 Å². The van der Waals surface area contributed by atoms with E-state index in [9.17, 15) is 4.79 Å². The Kier molecular flexibility index (Phi) is 5.26. The lowest BCUT2D eigenvalue weighted by Crippen LogP contribution is -2.05. The van der Waals surface area contributed by atoms with Gasteiger partial charge in [0, 0.05) is 23.0 Å². The van der Waals surface area contributed by atoms with Crippen LogP contribution in [-0.2, 0) is 0 Å². The molecule has 1 aromatic carbocycles. The number of nitrogens with zero attached hydrogens (tertiary/aromatic N) is 3. The average molecular weight is 398 g/mol. The van der Waals surface area contributed by atoms with Crippen LogP contribution in [0.25, 0.3) is 11.5 Å². The lowest BCUT2D eigenvalue weighted by Gasteiger charge is -2.07. The maximum absolute atomic E-state index is 12.7. The summed E-state index contributed by atoms with van der Waals surface area (Å²) in [6.07, 6.45) is 2.40. The molecule has 0 unspecified atom stereocenters. The number of thioether (sulfide) groups is 1. The Morgan fingerprint density at radius 3 is 2.82 bits per heavy atom. The fourth-order valence-electron chi connectivity index (χ4n) is 3.46. The van der Waals surface area contributed by atoms with E-state index in [2.05, 4.69) is 21.7 Å². The lowest BCUT2D eigenvalue weighted by molar-refractivity contribution is 0.102. The predicted octanol–water partition coefficient (Wildman–Crippen LogP) is 4.86. The SMILES string of the molecule is CCOc1ccccc1-c1nnc(SCC(=O)c2cc(C)n(C3CC3)c2C)o1. The van der Waals surface area contributed by atoms with E-state index in [1.165, 1.54) is 24.6 Å². The van der Waals surface area contributed by atoms with Crippen LogP contribution in [0, 0.1) is 13.8 Å². The van der Waals surface area contributed by atoms with Gasteiger partial charge in [-0.05, 0) is 51.8 Å². The molecule has 1 saturated carbocycles. The van der Waals surface area contributed by atoms with Crippen molar-refractivity contribution in [2.75, 3.05) is 12.4 Å². The Morgan fingerprint density at radius 2 is 2.07 bits per heavy atom. The number of ether oxygens (including phenoxy) is 1. The Hall–Kier alpha value is -2.54. The van der Waals surface area contributed by atoms with Crippen molar-refractivity contribution in [2.24, 2.45) is 0 Å². The summed E-state index contributed by atoms with van der Waals surface area (Å²) in [7, 11) is 0. The van der Waals surface area contributed by atoms with Gasteiger partial charge in [0.05, 0.1) is 17.9 Å². The molecule has 3 aromatic rings. The van der Waals surface area contributed by atoms with Crippen molar-refractivity contribution in [1.29, 1.82) is 0 Å². The summed E-state index contributed by atoms with van der Waals surface area (Å²) in [5.41, 5.74) is 3.75. The van der Waals surface area contributed by atoms with Gasteiger partial charge in [0.2, 0.25) is 0 Å². The quantitative estimate of drug-likeness (QED) is 0.399. The van der Waals surface area contributed by atoms with Crippen molar-refractivity contribution >= 4 is 17.5 Å². The van der Waals surface area contributed by atoms with Crippen LogP contribution in [0.15, 0.2) is 40.0 Å². The summed E-state index contributed by atoms with van der Waals surface area (Å²) in [5, 5.41) is 8.57. The number of hydrogen-bond acceptors (Lipinski definition) is 6. The van der Waals surface area contributed by atoms with Gasteiger partial charge in [-0.2, -0.15) is 0 Å². The molecule has 2 aromatic heterocycles. The van der Waals surface area contributed by atoms with Crippen molar-refractivity contribution in [2.45, 2.75) is 44.9 Å². The van der Waals surface area contributed by atoms with E-state index in [1.807, 2.05) is 44.2 Å². The molecule has 1 fully saturated rings. The molecule has 0 saturated heterocycles. The van der Waals surface area contributed by atoms with Crippen molar-refractivity contribution in [1.82, 2.24) is 14.8 Å². The summed E-state index contributed by atoms with van der Waals surface area (Å²) >= 11 is 1.27. The van der Waals surface area contributed by atoms with Crippen LogP contribution in [0.2, 0.25) is 0 Å². The molecule has 6 nitrogen and oxygen atoms in total. The van der Waals surface area contributed by atoms with Crippen LogP contribution >= 0.6 is 11.8 Å². The topological polar surface area (TPSA) is 70.2 Å². The summed E-state index contributed by atoms with van der Waals surface area (Å²) in [4.78, 5) is 12.7. The summed E-state index contributed by atoms with van der Waals surface area (Å²) < 4.78 is 13.7. The summed E-state index contributed by atoms with van der Waals surface area (Å²) in [6.45, 7) is 6.58. The van der Waals surface area contributed by atoms with Crippen LogP contribution in [0.1, 0.15) is 47.6 Å². The number of rotatable bonds is 8. The number of para-hydroxylation sites is 1. The highest BCUT2D eigenvalue weighted by molar-refractivity contribution is 7.99. The van der Waals surface area contributed by atoms with Gasteiger partial charge in [-0.15, -0.1) is 10.2 Å². The van der Waals surface area contributed by atoms with Crippen LogP contribution in [-0.4, -0.2) is 32.9 Å². The monoisotopic (exact) mass is 397 g/mol. The Morgan fingerprint density at radius 1 is 1.29 bits per heavy atom. The molecule has 2 heterocycles. The smallest absolute Gasteiger partial charge is 0.277 e. The highest BCUT2D eigenvalue weighted by atomic mass is 32.2. The Labute approximate surface area is 168 Å². The second kappa shape index (κ2) is 7.83. The highest BCUT2D eigenvalue weighted by Gasteiger charge is 2.28. The van der Waals surface area contributed by atoms with Crippen LogP contribution in [0.4, 0.5) is 0 Å². The average Bonchev–Trinajstić information content (AvgIpc) is 3.32. The van der Waals surface area contributed by atoms with E-state index in [4.69, 9.17) is 9.15 Å². The largest absolute Gasteiger partial charge is 0.493 e. The van der Waals surface area contributed by atoms with Crippen LogP contribution in [0.3, 0.4) is 0 Å². The van der Waals surface area contributed by atoms with Crippen LogP contribution in [0.5, 0.6) is 5.75 Å². The molecule has 7 heteroatoms. The summed E-state index contributed by atoms with van der Waals surface area (Å²) in [5.74, 6) is 1.45. The minimum Gasteiger partial charge on any atom is -0.493 e. The third kappa shape index (κ3) is 3.71. The number of hydrogen-bond donors (Lipinski definition) is 0. The number of ketones is 1. The van der Waals surface area contributed by atoms with Gasteiger partial charge < -0.3 is 13.7 Å². The van der Waals surface area contributed by atoms with E-state index in [0.717, 1.165) is 22.5 Å². The van der Waals surface area contributed by atoms with Gasteiger partial charge in [0.15, 0.2) is 5.78 Å². The first-order valence-electron chi connectivity index (χ1n) is 9.48. The zero-order valence-electron chi connectivity index (χ0n) is 16.3. The van der Waals surface area contributed by atoms with Crippen LogP contribution < -0.4 is 4.74 Å². The molecule has 28 heavy (non-hydrogen) atoms. The van der Waals surface area contributed by atoms with Crippen molar-refractivity contribution < 1.29 is 13.9 Å². The molecule has 0 atom stereocenters. The number of Topliss-reactive ketones (excluding diaryl/α,β-unsaturated/α-hetero) is 1. The molecular formula is C21H23N3O3S. The van der Waals surface area contributed by atoms with Gasteiger partial charge in [-0.1, -0.05) is 23.9 Å². The van der Waals surface area contributed by atoms with Gasteiger partial charge in [-0.3, -0.25) is 4.79 Å². The van der Waals surface area contributed by atoms with E-state index >= 15 is 0 Å². The minimum atomic E-state index is 0.0828. The molecule has 0 amide bonds. The number of carbonyl (C=O) groups is 1. The Balaban J connectivity index is 1.45. The lowest BCUT2D eigenvalue weighted by atomic mass is 10.2. The molecule has 1 aliphatic carbocycles. The fraction of sp³-hybridized carbons (Fsp3) is 0.381. The van der Waals surface area contributed by atoms with Crippen molar-refractivity contribution in [3.63, 3.8) is 0 Å². The van der Waals surface area contributed by atoms with Gasteiger partial charge in [0.1, 0.15) is 5.75 Å². The first-order chi connectivity index (χ1) is 13.6. The molecule has 0 radical (unpaired) electrons. The van der Waals surface area contributed by atoms with Crippen molar-refractivity contribution in [3.8, 4) is 17.2 Å². The molecule has 0 bridgehead atoms. The summed E-state index contributed by atoms with van der Waals surface area (Å²) in [6, 6.07) is 10.1. The van der Waals surface area contributed by atoms with E-state index in [0.29, 0.717) is 29.5 Å². The van der Waals surface area contributed by atoms with E-state index in [-0.39, 0.29) is 11.5 Å².